The normalized spacial score (nSPS) is 31.2. The molecule has 0 spiro atoms. The van der Waals surface area contributed by atoms with Crippen LogP contribution in [0.1, 0.15) is 41.0 Å². The highest BCUT2D eigenvalue weighted by molar-refractivity contribution is 5.05. The van der Waals surface area contributed by atoms with E-state index in [1.807, 2.05) is 0 Å². The van der Waals surface area contributed by atoms with Crippen molar-refractivity contribution in [2.45, 2.75) is 58.2 Å². The molecule has 2 aliphatic rings. The van der Waals surface area contributed by atoms with Crippen LogP contribution in [-0.2, 0) is 0 Å². The number of nitriles is 1. The summed E-state index contributed by atoms with van der Waals surface area (Å²) in [6.07, 6.45) is 1.22. The molecule has 0 N–H and O–H groups in total. The van der Waals surface area contributed by atoms with Crippen LogP contribution in [0.2, 0.25) is 0 Å². The fourth-order valence-corrected chi connectivity index (χ4v) is 3.53. The molecule has 17 heavy (non-hydrogen) atoms. The average Bonchev–Trinajstić information content (AvgIpc) is 2.38. The highest BCUT2D eigenvalue weighted by Gasteiger charge is 2.47. The Bertz CT molecular complexity index is 328. The topological polar surface area (TPSA) is 30.3 Å². The molecule has 0 amide bonds. The molecule has 0 radical (unpaired) electrons. The van der Waals surface area contributed by atoms with E-state index in [0.29, 0.717) is 6.04 Å². The Balaban J connectivity index is 2.00. The van der Waals surface area contributed by atoms with Crippen LogP contribution in [0.4, 0.5) is 0 Å². The summed E-state index contributed by atoms with van der Waals surface area (Å²) < 4.78 is 0. The number of nitrogens with zero attached hydrogens (tertiary/aromatic N) is 3. The van der Waals surface area contributed by atoms with Crippen molar-refractivity contribution in [3.8, 4) is 6.07 Å². The first-order valence-electron chi connectivity index (χ1n) is 6.65. The van der Waals surface area contributed by atoms with Gasteiger partial charge in [-0.2, -0.15) is 5.26 Å². The largest absolute Gasteiger partial charge is 0.296 e. The van der Waals surface area contributed by atoms with E-state index in [4.69, 9.17) is 5.26 Å². The Morgan fingerprint density at radius 2 is 1.76 bits per heavy atom. The van der Waals surface area contributed by atoms with Gasteiger partial charge in [-0.1, -0.05) is 0 Å². The predicted octanol–water partition coefficient (Wildman–Crippen LogP) is 2.09. The lowest BCUT2D eigenvalue weighted by Gasteiger charge is -2.42. The maximum atomic E-state index is 8.84. The third-order valence-electron chi connectivity index (χ3n) is 4.28. The number of hydrogen-bond donors (Lipinski definition) is 0. The molecule has 0 aromatic carbocycles. The third-order valence-corrected chi connectivity index (χ3v) is 4.28. The molecule has 0 saturated carbocycles. The second-order valence-electron chi connectivity index (χ2n) is 7.23. The van der Waals surface area contributed by atoms with Gasteiger partial charge in [0.1, 0.15) is 0 Å². The Kier molecular flexibility index (Phi) is 3.00. The van der Waals surface area contributed by atoms with Gasteiger partial charge in [0.2, 0.25) is 0 Å². The van der Waals surface area contributed by atoms with Crippen molar-refractivity contribution in [2.24, 2.45) is 5.92 Å². The smallest absolute Gasteiger partial charge is 0.0717 e. The summed E-state index contributed by atoms with van der Waals surface area (Å²) in [6, 6.07) is 3.01. The van der Waals surface area contributed by atoms with E-state index in [9.17, 15) is 0 Å². The maximum absolute atomic E-state index is 8.84. The van der Waals surface area contributed by atoms with Gasteiger partial charge in [-0.15, -0.1) is 0 Å². The predicted molar refractivity (Wildman–Crippen MR) is 69.6 cm³/mol. The van der Waals surface area contributed by atoms with Crippen LogP contribution in [0.3, 0.4) is 0 Å². The van der Waals surface area contributed by atoms with Crippen LogP contribution >= 0.6 is 0 Å². The molecular weight excluding hydrogens is 210 g/mol. The van der Waals surface area contributed by atoms with Crippen molar-refractivity contribution in [2.75, 3.05) is 19.6 Å². The summed E-state index contributed by atoms with van der Waals surface area (Å²) in [6.45, 7) is 14.7. The zero-order valence-electron chi connectivity index (χ0n) is 11.8. The Labute approximate surface area is 105 Å². The summed E-state index contributed by atoms with van der Waals surface area (Å²) in [5, 5.41) is 8.84. The minimum Gasteiger partial charge on any atom is -0.296 e. The SMILES string of the molecule is CC(C)(C)N1C[C@@H](N2CC(C#N)C2)CC1(C)C. The lowest BCUT2D eigenvalue weighted by Crippen LogP contribution is -2.53. The summed E-state index contributed by atoms with van der Waals surface area (Å²) in [5.41, 5.74) is 0.512. The molecule has 3 heteroatoms. The van der Waals surface area contributed by atoms with Crippen molar-refractivity contribution in [1.82, 2.24) is 9.80 Å². The second kappa shape index (κ2) is 3.96. The first kappa shape index (κ1) is 12.9. The fourth-order valence-electron chi connectivity index (χ4n) is 3.53. The molecule has 2 aliphatic heterocycles. The van der Waals surface area contributed by atoms with Crippen LogP contribution in [0, 0.1) is 17.2 Å². The average molecular weight is 235 g/mol. The van der Waals surface area contributed by atoms with Crippen molar-refractivity contribution >= 4 is 0 Å². The summed E-state index contributed by atoms with van der Waals surface area (Å²) in [5.74, 6) is 0.279. The molecule has 1 atom stereocenters. The summed E-state index contributed by atoms with van der Waals surface area (Å²) in [7, 11) is 0. The van der Waals surface area contributed by atoms with E-state index < -0.39 is 0 Å². The Morgan fingerprint density at radius 3 is 2.18 bits per heavy atom. The van der Waals surface area contributed by atoms with Crippen molar-refractivity contribution in [3.05, 3.63) is 0 Å². The number of likely N-dealkylation sites (tertiary alicyclic amines) is 2. The molecule has 3 nitrogen and oxygen atoms in total. The van der Waals surface area contributed by atoms with Gasteiger partial charge < -0.3 is 0 Å². The van der Waals surface area contributed by atoms with Gasteiger partial charge in [-0.25, -0.2) is 0 Å². The minimum atomic E-state index is 0.234. The zero-order valence-corrected chi connectivity index (χ0v) is 11.8. The maximum Gasteiger partial charge on any atom is 0.0717 e. The van der Waals surface area contributed by atoms with E-state index in [0.717, 1.165) is 19.6 Å². The van der Waals surface area contributed by atoms with Gasteiger partial charge in [-0.3, -0.25) is 9.80 Å². The second-order valence-corrected chi connectivity index (χ2v) is 7.23. The van der Waals surface area contributed by atoms with Crippen molar-refractivity contribution < 1.29 is 0 Å². The highest BCUT2D eigenvalue weighted by Crippen LogP contribution is 2.38. The van der Waals surface area contributed by atoms with Gasteiger partial charge in [0, 0.05) is 36.8 Å². The minimum absolute atomic E-state index is 0.234. The molecule has 0 aromatic heterocycles. The third kappa shape index (κ3) is 2.34. The van der Waals surface area contributed by atoms with E-state index >= 15 is 0 Å². The molecule has 2 saturated heterocycles. The summed E-state index contributed by atoms with van der Waals surface area (Å²) in [4.78, 5) is 5.10. The van der Waals surface area contributed by atoms with Gasteiger partial charge in [0.25, 0.3) is 0 Å². The fraction of sp³-hybridized carbons (Fsp3) is 0.929. The quantitative estimate of drug-likeness (QED) is 0.697. The first-order chi connectivity index (χ1) is 7.74. The van der Waals surface area contributed by atoms with Crippen LogP contribution in [0.15, 0.2) is 0 Å². The first-order valence-corrected chi connectivity index (χ1v) is 6.65. The van der Waals surface area contributed by atoms with Gasteiger partial charge >= 0.3 is 0 Å². The van der Waals surface area contributed by atoms with Gasteiger partial charge in [-0.05, 0) is 41.0 Å². The van der Waals surface area contributed by atoms with Crippen LogP contribution in [0.5, 0.6) is 0 Å². The Hall–Kier alpha value is -0.590. The van der Waals surface area contributed by atoms with Crippen LogP contribution in [0.25, 0.3) is 0 Å². The van der Waals surface area contributed by atoms with Gasteiger partial charge in [0.15, 0.2) is 0 Å². The molecule has 2 fully saturated rings. The molecule has 0 aliphatic carbocycles. The zero-order chi connectivity index (χ0) is 12.8. The number of rotatable bonds is 1. The lowest BCUT2D eigenvalue weighted by atomic mass is 9.93. The lowest BCUT2D eigenvalue weighted by molar-refractivity contribution is 0.0559. The molecule has 0 unspecified atom stereocenters. The van der Waals surface area contributed by atoms with E-state index in [1.165, 1.54) is 6.42 Å². The van der Waals surface area contributed by atoms with Crippen LogP contribution < -0.4 is 0 Å². The van der Waals surface area contributed by atoms with Gasteiger partial charge in [0.05, 0.1) is 12.0 Å². The molecule has 2 rings (SSSR count). The van der Waals surface area contributed by atoms with Crippen molar-refractivity contribution in [1.29, 1.82) is 5.26 Å². The standard InChI is InChI=1S/C14H25N3/c1-13(2,3)17-10-12(6-14(17,4)5)16-8-11(7-15)9-16/h11-12H,6,8-10H2,1-5H3/t12-/m0/s1. The molecule has 0 aromatic rings. The van der Waals surface area contributed by atoms with Crippen LogP contribution in [-0.4, -0.2) is 46.6 Å². The van der Waals surface area contributed by atoms with Crippen molar-refractivity contribution in [3.63, 3.8) is 0 Å². The van der Waals surface area contributed by atoms with E-state index in [-0.39, 0.29) is 17.0 Å². The molecule has 96 valence electrons. The molecule has 0 bridgehead atoms. The Morgan fingerprint density at radius 1 is 1.18 bits per heavy atom. The molecule has 2 heterocycles. The summed E-state index contributed by atoms with van der Waals surface area (Å²) >= 11 is 0. The highest BCUT2D eigenvalue weighted by atomic mass is 15.3. The van der Waals surface area contributed by atoms with E-state index in [2.05, 4.69) is 50.5 Å². The number of hydrogen-bond acceptors (Lipinski definition) is 3. The van der Waals surface area contributed by atoms with E-state index in [1.54, 1.807) is 0 Å². The monoisotopic (exact) mass is 235 g/mol. The molecular formula is C14H25N3.